The predicted octanol–water partition coefficient (Wildman–Crippen LogP) is 0.274. The van der Waals surface area contributed by atoms with Gasteiger partial charge in [-0.3, -0.25) is 9.78 Å². The lowest BCUT2D eigenvalue weighted by molar-refractivity contribution is -0.135. The van der Waals surface area contributed by atoms with E-state index in [-0.39, 0.29) is 17.9 Å². The van der Waals surface area contributed by atoms with E-state index in [0.29, 0.717) is 19.8 Å². The highest BCUT2D eigenvalue weighted by Crippen LogP contribution is 2.17. The second kappa shape index (κ2) is 5.93. The van der Waals surface area contributed by atoms with Crippen LogP contribution in [-0.4, -0.2) is 49.1 Å². The summed E-state index contributed by atoms with van der Waals surface area (Å²) in [6.07, 6.45) is 3.48. The van der Waals surface area contributed by atoms with Gasteiger partial charge in [-0.25, -0.2) is 0 Å². The minimum absolute atomic E-state index is 0.0816. The van der Waals surface area contributed by atoms with Crippen molar-refractivity contribution in [3.8, 4) is 0 Å². The fraction of sp³-hybridized carbons (Fsp3) is 0.538. The Kier molecular flexibility index (Phi) is 4.28. The number of nitrogens with zero attached hydrogens (tertiary/aromatic N) is 2. The second-order valence-corrected chi connectivity index (χ2v) is 4.59. The first-order chi connectivity index (χ1) is 8.72. The first kappa shape index (κ1) is 13.0. The Morgan fingerprint density at radius 1 is 1.50 bits per heavy atom. The van der Waals surface area contributed by atoms with Crippen LogP contribution in [0, 0.1) is 5.92 Å². The molecule has 1 aromatic heterocycles. The molecule has 0 radical (unpaired) electrons. The van der Waals surface area contributed by atoms with Crippen molar-refractivity contribution >= 4 is 5.91 Å². The molecule has 0 aromatic carbocycles. The quantitative estimate of drug-likeness (QED) is 0.832. The molecule has 0 bridgehead atoms. The van der Waals surface area contributed by atoms with Crippen LogP contribution in [0.2, 0.25) is 0 Å². The van der Waals surface area contributed by atoms with Gasteiger partial charge in [0.15, 0.2) is 0 Å². The zero-order valence-electron chi connectivity index (χ0n) is 10.8. The van der Waals surface area contributed by atoms with E-state index in [1.54, 1.807) is 17.3 Å². The number of ether oxygens (including phenoxy) is 1. The van der Waals surface area contributed by atoms with Gasteiger partial charge >= 0.3 is 0 Å². The Morgan fingerprint density at radius 2 is 2.22 bits per heavy atom. The number of carbonyl (C=O) groups is 1. The van der Waals surface area contributed by atoms with Gasteiger partial charge in [-0.1, -0.05) is 0 Å². The number of nitrogens with one attached hydrogen (secondary N) is 1. The van der Waals surface area contributed by atoms with Gasteiger partial charge in [0.05, 0.1) is 19.1 Å². The number of carbonyl (C=O) groups excluding carboxylic acids is 1. The molecule has 1 aliphatic rings. The van der Waals surface area contributed by atoms with Gasteiger partial charge in [-0.05, 0) is 24.7 Å². The maximum absolute atomic E-state index is 12.3. The van der Waals surface area contributed by atoms with Gasteiger partial charge in [0.1, 0.15) is 0 Å². The van der Waals surface area contributed by atoms with Crippen LogP contribution in [0.4, 0.5) is 0 Å². The smallest absolute Gasteiger partial charge is 0.229 e. The standard InChI is InChI=1S/C13H19N3O2/c1-14-12-9-18-8-11(12)13(17)16(2)7-10-3-5-15-6-4-10/h3-6,11-12,14H,7-9H2,1-2H3. The molecule has 5 nitrogen and oxygen atoms in total. The number of likely N-dealkylation sites (N-methyl/N-ethyl adjacent to an activating group) is 1. The molecule has 2 atom stereocenters. The van der Waals surface area contributed by atoms with E-state index < -0.39 is 0 Å². The molecule has 2 rings (SSSR count). The molecule has 98 valence electrons. The Morgan fingerprint density at radius 3 is 2.89 bits per heavy atom. The average molecular weight is 249 g/mol. The molecule has 0 saturated carbocycles. The van der Waals surface area contributed by atoms with E-state index in [4.69, 9.17) is 4.74 Å². The molecule has 1 amide bonds. The van der Waals surface area contributed by atoms with Crippen molar-refractivity contribution in [3.63, 3.8) is 0 Å². The number of pyridine rings is 1. The molecule has 18 heavy (non-hydrogen) atoms. The van der Waals surface area contributed by atoms with Crippen molar-refractivity contribution in [1.82, 2.24) is 15.2 Å². The molecule has 1 aromatic rings. The van der Waals surface area contributed by atoms with Crippen LogP contribution in [0.15, 0.2) is 24.5 Å². The van der Waals surface area contributed by atoms with Crippen LogP contribution in [-0.2, 0) is 16.1 Å². The Balaban J connectivity index is 1.96. The van der Waals surface area contributed by atoms with Crippen LogP contribution in [0.3, 0.4) is 0 Å². The largest absolute Gasteiger partial charge is 0.379 e. The summed E-state index contributed by atoms with van der Waals surface area (Å²) in [7, 11) is 3.69. The number of rotatable bonds is 4. The summed E-state index contributed by atoms with van der Waals surface area (Å²) in [6, 6.07) is 3.96. The van der Waals surface area contributed by atoms with E-state index >= 15 is 0 Å². The SMILES string of the molecule is CNC1COCC1C(=O)N(C)Cc1ccncc1. The summed E-state index contributed by atoms with van der Waals surface area (Å²) in [4.78, 5) is 18.0. The normalized spacial score (nSPS) is 23.0. The summed E-state index contributed by atoms with van der Waals surface area (Å²) < 4.78 is 5.36. The Bertz CT molecular complexity index is 396. The zero-order chi connectivity index (χ0) is 13.0. The molecule has 1 N–H and O–H groups in total. The van der Waals surface area contributed by atoms with Crippen LogP contribution < -0.4 is 5.32 Å². The van der Waals surface area contributed by atoms with Gasteiger partial charge in [0, 0.05) is 32.0 Å². The van der Waals surface area contributed by atoms with E-state index in [1.165, 1.54) is 0 Å². The number of aromatic nitrogens is 1. The van der Waals surface area contributed by atoms with Crippen LogP contribution in [0.25, 0.3) is 0 Å². The fourth-order valence-corrected chi connectivity index (χ4v) is 2.21. The van der Waals surface area contributed by atoms with Crippen LogP contribution >= 0.6 is 0 Å². The Labute approximate surface area is 107 Å². The highest BCUT2D eigenvalue weighted by atomic mass is 16.5. The van der Waals surface area contributed by atoms with E-state index in [9.17, 15) is 4.79 Å². The lowest BCUT2D eigenvalue weighted by Gasteiger charge is -2.23. The highest BCUT2D eigenvalue weighted by Gasteiger charge is 2.34. The minimum atomic E-state index is -0.0816. The molecular weight excluding hydrogens is 230 g/mol. The predicted molar refractivity (Wildman–Crippen MR) is 67.9 cm³/mol. The van der Waals surface area contributed by atoms with Gasteiger partial charge in [0.2, 0.25) is 5.91 Å². The van der Waals surface area contributed by atoms with E-state index in [0.717, 1.165) is 5.56 Å². The molecule has 0 aliphatic carbocycles. The zero-order valence-corrected chi connectivity index (χ0v) is 10.8. The van der Waals surface area contributed by atoms with E-state index in [1.807, 2.05) is 26.2 Å². The first-order valence-electron chi connectivity index (χ1n) is 6.11. The van der Waals surface area contributed by atoms with Gasteiger partial charge in [-0.15, -0.1) is 0 Å². The summed E-state index contributed by atoms with van der Waals surface area (Å²) in [5.41, 5.74) is 1.08. The van der Waals surface area contributed by atoms with Gasteiger partial charge in [-0.2, -0.15) is 0 Å². The van der Waals surface area contributed by atoms with Crippen molar-refractivity contribution < 1.29 is 9.53 Å². The summed E-state index contributed by atoms with van der Waals surface area (Å²) in [6.45, 7) is 1.72. The summed E-state index contributed by atoms with van der Waals surface area (Å²) in [5.74, 6) is 0.0468. The van der Waals surface area contributed by atoms with Crippen LogP contribution in [0.5, 0.6) is 0 Å². The van der Waals surface area contributed by atoms with Gasteiger partial charge in [0.25, 0.3) is 0 Å². The molecule has 2 heterocycles. The maximum atomic E-state index is 12.3. The van der Waals surface area contributed by atoms with Gasteiger partial charge < -0.3 is 15.0 Å². The molecule has 1 aliphatic heterocycles. The molecule has 1 fully saturated rings. The molecule has 1 saturated heterocycles. The number of hydrogen-bond donors (Lipinski definition) is 1. The summed E-state index contributed by atoms with van der Waals surface area (Å²) >= 11 is 0. The number of hydrogen-bond acceptors (Lipinski definition) is 4. The average Bonchev–Trinajstić information content (AvgIpc) is 2.87. The lowest BCUT2D eigenvalue weighted by atomic mass is 10.0. The maximum Gasteiger partial charge on any atom is 0.229 e. The lowest BCUT2D eigenvalue weighted by Crippen LogP contribution is -2.43. The number of amides is 1. The molecular formula is C13H19N3O2. The third-order valence-electron chi connectivity index (χ3n) is 3.31. The third-order valence-corrected chi connectivity index (χ3v) is 3.31. The highest BCUT2D eigenvalue weighted by molar-refractivity contribution is 5.79. The van der Waals surface area contributed by atoms with Crippen LogP contribution in [0.1, 0.15) is 5.56 Å². The van der Waals surface area contributed by atoms with Crippen molar-refractivity contribution in [2.75, 3.05) is 27.3 Å². The molecule has 2 unspecified atom stereocenters. The molecule has 0 spiro atoms. The van der Waals surface area contributed by atoms with Crippen molar-refractivity contribution in [2.45, 2.75) is 12.6 Å². The fourth-order valence-electron chi connectivity index (χ4n) is 2.21. The van der Waals surface area contributed by atoms with Crippen molar-refractivity contribution in [3.05, 3.63) is 30.1 Å². The summed E-state index contributed by atoms with van der Waals surface area (Å²) in [5, 5.41) is 3.13. The van der Waals surface area contributed by atoms with E-state index in [2.05, 4.69) is 10.3 Å². The second-order valence-electron chi connectivity index (χ2n) is 4.59. The molecule has 5 heteroatoms. The first-order valence-corrected chi connectivity index (χ1v) is 6.11. The topological polar surface area (TPSA) is 54.5 Å². The minimum Gasteiger partial charge on any atom is -0.379 e. The van der Waals surface area contributed by atoms with Crippen molar-refractivity contribution in [2.24, 2.45) is 5.92 Å². The third kappa shape index (κ3) is 2.86. The Hall–Kier alpha value is -1.46. The van der Waals surface area contributed by atoms with Crippen molar-refractivity contribution in [1.29, 1.82) is 0 Å². The monoisotopic (exact) mass is 249 g/mol.